The molecule has 1 heterocycles. The molecule has 0 aliphatic heterocycles. The molecule has 0 aliphatic rings. The summed E-state index contributed by atoms with van der Waals surface area (Å²) in [5.74, 6) is 1.43. The molecule has 1 N–H and O–H groups in total. The number of nitrogens with zero attached hydrogens (tertiary/aromatic N) is 1. The highest BCUT2D eigenvalue weighted by Crippen LogP contribution is 2.19. The zero-order valence-corrected chi connectivity index (χ0v) is 9.64. The summed E-state index contributed by atoms with van der Waals surface area (Å²) in [6.07, 6.45) is 1.85. The van der Waals surface area contributed by atoms with Crippen LogP contribution in [0.1, 0.15) is 25.3 Å². The lowest BCUT2D eigenvalue weighted by Crippen LogP contribution is -1.95. The van der Waals surface area contributed by atoms with Gasteiger partial charge in [0.05, 0.1) is 0 Å². The Bertz CT molecular complexity index is 449. The van der Waals surface area contributed by atoms with Crippen molar-refractivity contribution in [1.29, 1.82) is 0 Å². The molecule has 2 nitrogen and oxygen atoms in total. The van der Waals surface area contributed by atoms with E-state index in [1.54, 1.807) is 0 Å². The third-order valence-corrected chi connectivity index (χ3v) is 2.50. The molecular formula is C14H16N2. The molecule has 16 heavy (non-hydrogen) atoms. The van der Waals surface area contributed by atoms with E-state index in [9.17, 15) is 0 Å². The Hall–Kier alpha value is -1.83. The molecule has 0 bridgehead atoms. The topological polar surface area (TPSA) is 24.9 Å². The zero-order chi connectivity index (χ0) is 11.4. The van der Waals surface area contributed by atoms with E-state index in [1.165, 1.54) is 5.56 Å². The lowest BCUT2D eigenvalue weighted by atomic mass is 10.1. The summed E-state index contributed by atoms with van der Waals surface area (Å²) in [4.78, 5) is 4.31. The van der Waals surface area contributed by atoms with Crippen molar-refractivity contribution in [2.24, 2.45) is 0 Å². The largest absolute Gasteiger partial charge is 0.340 e. The van der Waals surface area contributed by atoms with Crippen molar-refractivity contribution in [3.8, 4) is 0 Å². The minimum Gasteiger partial charge on any atom is -0.340 e. The quantitative estimate of drug-likeness (QED) is 0.833. The average Bonchev–Trinajstić information content (AvgIpc) is 2.30. The van der Waals surface area contributed by atoms with E-state index in [-0.39, 0.29) is 0 Å². The van der Waals surface area contributed by atoms with Crippen molar-refractivity contribution in [1.82, 2.24) is 4.98 Å². The van der Waals surface area contributed by atoms with Crippen molar-refractivity contribution < 1.29 is 0 Å². The highest BCUT2D eigenvalue weighted by molar-refractivity contribution is 5.56. The predicted octanol–water partition coefficient (Wildman–Crippen LogP) is 3.95. The van der Waals surface area contributed by atoms with E-state index in [0.717, 1.165) is 11.5 Å². The second-order valence-corrected chi connectivity index (χ2v) is 4.12. The van der Waals surface area contributed by atoms with Crippen LogP contribution in [0.2, 0.25) is 0 Å². The second-order valence-electron chi connectivity index (χ2n) is 4.12. The molecule has 0 fully saturated rings. The number of anilines is 2. The van der Waals surface area contributed by atoms with Gasteiger partial charge in [0.15, 0.2) is 0 Å². The van der Waals surface area contributed by atoms with Gasteiger partial charge in [-0.3, -0.25) is 0 Å². The molecule has 0 radical (unpaired) electrons. The fourth-order valence-corrected chi connectivity index (χ4v) is 1.54. The van der Waals surface area contributed by atoms with Crippen LogP contribution in [0.25, 0.3) is 0 Å². The number of benzene rings is 1. The molecule has 0 atom stereocenters. The fourth-order valence-electron chi connectivity index (χ4n) is 1.54. The summed E-state index contributed by atoms with van der Waals surface area (Å²) in [6, 6.07) is 14.2. The predicted molar refractivity (Wildman–Crippen MR) is 68.1 cm³/mol. The first-order chi connectivity index (χ1) is 7.75. The van der Waals surface area contributed by atoms with Gasteiger partial charge in [-0.2, -0.15) is 0 Å². The Morgan fingerprint density at radius 3 is 2.50 bits per heavy atom. The maximum atomic E-state index is 4.31. The number of hydrogen-bond acceptors (Lipinski definition) is 2. The van der Waals surface area contributed by atoms with Crippen molar-refractivity contribution >= 4 is 11.5 Å². The summed E-state index contributed by atoms with van der Waals surface area (Å²) in [5, 5.41) is 3.29. The van der Waals surface area contributed by atoms with E-state index >= 15 is 0 Å². The van der Waals surface area contributed by atoms with Crippen LogP contribution < -0.4 is 5.32 Å². The zero-order valence-electron chi connectivity index (χ0n) is 9.64. The maximum absolute atomic E-state index is 4.31. The van der Waals surface area contributed by atoms with Gasteiger partial charge in [0.25, 0.3) is 0 Å². The fraction of sp³-hybridized carbons (Fsp3) is 0.214. The monoisotopic (exact) mass is 212 g/mol. The minimum atomic E-state index is 0.527. The maximum Gasteiger partial charge on any atom is 0.130 e. The van der Waals surface area contributed by atoms with Crippen LogP contribution in [0.5, 0.6) is 0 Å². The van der Waals surface area contributed by atoms with Gasteiger partial charge in [-0.15, -0.1) is 0 Å². The highest BCUT2D eigenvalue weighted by Gasteiger charge is 2.01. The van der Waals surface area contributed by atoms with Crippen molar-refractivity contribution in [3.63, 3.8) is 0 Å². The summed E-state index contributed by atoms with van der Waals surface area (Å²) in [5.41, 5.74) is 2.37. The van der Waals surface area contributed by atoms with E-state index < -0.39 is 0 Å². The molecule has 0 aliphatic carbocycles. The molecule has 2 aromatic rings. The molecular weight excluding hydrogens is 196 g/mol. The van der Waals surface area contributed by atoms with Crippen LogP contribution in [0.15, 0.2) is 48.7 Å². The van der Waals surface area contributed by atoms with Crippen LogP contribution in [0.3, 0.4) is 0 Å². The summed E-state index contributed by atoms with van der Waals surface area (Å²) in [6.45, 7) is 4.36. The SMILES string of the molecule is CC(C)c1ccnc(Nc2ccccc2)c1. The van der Waals surface area contributed by atoms with E-state index in [4.69, 9.17) is 0 Å². The summed E-state index contributed by atoms with van der Waals surface area (Å²) >= 11 is 0. The number of para-hydroxylation sites is 1. The summed E-state index contributed by atoms with van der Waals surface area (Å²) in [7, 11) is 0. The van der Waals surface area contributed by atoms with Crippen LogP contribution in [0.4, 0.5) is 11.5 Å². The third kappa shape index (κ3) is 2.60. The smallest absolute Gasteiger partial charge is 0.130 e. The first kappa shape index (κ1) is 10.7. The molecule has 0 saturated heterocycles. The Labute approximate surface area is 96.4 Å². The van der Waals surface area contributed by atoms with E-state index in [0.29, 0.717) is 5.92 Å². The number of pyridine rings is 1. The first-order valence-electron chi connectivity index (χ1n) is 5.54. The van der Waals surface area contributed by atoms with E-state index in [2.05, 4.69) is 36.3 Å². The van der Waals surface area contributed by atoms with Gasteiger partial charge >= 0.3 is 0 Å². The van der Waals surface area contributed by atoms with Gasteiger partial charge in [0.2, 0.25) is 0 Å². The lowest BCUT2D eigenvalue weighted by molar-refractivity contribution is 0.864. The molecule has 2 heteroatoms. The molecule has 0 saturated carbocycles. The minimum absolute atomic E-state index is 0.527. The van der Waals surface area contributed by atoms with Crippen molar-refractivity contribution in [3.05, 3.63) is 54.2 Å². The number of aromatic nitrogens is 1. The van der Waals surface area contributed by atoms with Crippen LogP contribution >= 0.6 is 0 Å². The number of rotatable bonds is 3. The average molecular weight is 212 g/mol. The molecule has 2 rings (SSSR count). The van der Waals surface area contributed by atoms with Gasteiger partial charge in [-0.1, -0.05) is 32.0 Å². The Morgan fingerprint density at radius 2 is 1.81 bits per heavy atom. The Balaban J connectivity index is 2.19. The van der Waals surface area contributed by atoms with Crippen LogP contribution in [-0.2, 0) is 0 Å². The van der Waals surface area contributed by atoms with Gasteiger partial charge in [0, 0.05) is 11.9 Å². The molecule has 1 aromatic carbocycles. The molecule has 1 aromatic heterocycles. The molecule has 0 amide bonds. The second kappa shape index (κ2) is 4.79. The third-order valence-electron chi connectivity index (χ3n) is 2.50. The first-order valence-corrected chi connectivity index (χ1v) is 5.54. The number of nitrogens with one attached hydrogen (secondary N) is 1. The van der Waals surface area contributed by atoms with Crippen molar-refractivity contribution in [2.45, 2.75) is 19.8 Å². The van der Waals surface area contributed by atoms with Crippen LogP contribution in [-0.4, -0.2) is 4.98 Å². The van der Waals surface area contributed by atoms with Gasteiger partial charge < -0.3 is 5.32 Å². The molecule has 0 unspecified atom stereocenters. The molecule has 0 spiro atoms. The van der Waals surface area contributed by atoms with Gasteiger partial charge in [0.1, 0.15) is 5.82 Å². The summed E-state index contributed by atoms with van der Waals surface area (Å²) < 4.78 is 0. The Morgan fingerprint density at radius 1 is 1.06 bits per heavy atom. The highest BCUT2D eigenvalue weighted by atomic mass is 15.0. The van der Waals surface area contributed by atoms with Crippen molar-refractivity contribution in [2.75, 3.05) is 5.32 Å². The van der Waals surface area contributed by atoms with Gasteiger partial charge in [-0.25, -0.2) is 4.98 Å². The van der Waals surface area contributed by atoms with E-state index in [1.807, 2.05) is 36.5 Å². The molecule has 82 valence electrons. The Kier molecular flexibility index (Phi) is 3.20. The lowest BCUT2D eigenvalue weighted by Gasteiger charge is -2.09. The van der Waals surface area contributed by atoms with Gasteiger partial charge in [-0.05, 0) is 35.7 Å². The number of hydrogen-bond donors (Lipinski definition) is 1. The van der Waals surface area contributed by atoms with Crippen LogP contribution in [0, 0.1) is 0 Å². The normalized spacial score (nSPS) is 10.4. The standard InChI is InChI=1S/C14H16N2/c1-11(2)12-8-9-15-14(10-12)16-13-6-4-3-5-7-13/h3-11H,1-2H3,(H,15,16).